The van der Waals surface area contributed by atoms with Crippen LogP contribution >= 0.6 is 0 Å². The third kappa shape index (κ3) is 6.42. The average Bonchev–Trinajstić information content (AvgIpc) is 3.12. The fourth-order valence-electron chi connectivity index (χ4n) is 2.18. The van der Waals surface area contributed by atoms with E-state index in [1.165, 1.54) is 12.1 Å². The lowest BCUT2D eigenvalue weighted by Crippen LogP contribution is -2.34. The number of nitrogens with one attached hydrogen (secondary N) is 1. The number of alkyl carbamates (subject to hydrolysis) is 1. The van der Waals surface area contributed by atoms with Crippen molar-refractivity contribution in [1.82, 2.24) is 5.32 Å². The highest BCUT2D eigenvalue weighted by Gasteiger charge is 2.16. The van der Waals surface area contributed by atoms with Gasteiger partial charge in [0.05, 0.1) is 18.3 Å². The van der Waals surface area contributed by atoms with Gasteiger partial charge in [-0.2, -0.15) is 0 Å². The van der Waals surface area contributed by atoms with E-state index in [0.29, 0.717) is 12.4 Å². The minimum absolute atomic E-state index is 0.113. The second kappa shape index (κ2) is 9.63. The van der Waals surface area contributed by atoms with Gasteiger partial charge in [0.2, 0.25) is 0 Å². The van der Waals surface area contributed by atoms with Crippen LogP contribution in [-0.4, -0.2) is 50.5 Å². The fraction of sp³-hybridized carbons (Fsp3) is 0.471. The van der Waals surface area contributed by atoms with E-state index in [1.807, 2.05) is 5.32 Å². The molecule has 1 aliphatic rings. The van der Waals surface area contributed by atoms with Gasteiger partial charge in [0.1, 0.15) is 12.4 Å². The summed E-state index contributed by atoms with van der Waals surface area (Å²) < 4.78 is 20.4. The predicted octanol–water partition coefficient (Wildman–Crippen LogP) is 1.67. The molecule has 8 heteroatoms. The maximum absolute atomic E-state index is 11.9. The van der Waals surface area contributed by atoms with E-state index in [4.69, 9.17) is 14.2 Å². The normalized spacial score (nSPS) is 16.1. The van der Waals surface area contributed by atoms with Crippen LogP contribution in [-0.2, 0) is 19.0 Å². The Morgan fingerprint density at radius 1 is 1.20 bits per heavy atom. The van der Waals surface area contributed by atoms with Crippen LogP contribution in [0, 0.1) is 0 Å². The fourth-order valence-corrected chi connectivity index (χ4v) is 2.18. The molecule has 0 spiro atoms. The number of rotatable bonds is 7. The van der Waals surface area contributed by atoms with E-state index in [1.54, 1.807) is 19.1 Å². The Hall–Kier alpha value is -2.61. The van der Waals surface area contributed by atoms with Crippen LogP contribution < -0.4 is 10.1 Å². The Morgan fingerprint density at radius 2 is 1.96 bits per heavy atom. The monoisotopic (exact) mass is 351 g/mol. The molecule has 2 rings (SSSR count). The molecule has 0 bridgehead atoms. The summed E-state index contributed by atoms with van der Waals surface area (Å²) in [5, 5.41) is 1.93. The van der Waals surface area contributed by atoms with Gasteiger partial charge < -0.3 is 18.9 Å². The topological polar surface area (TPSA) is 100 Å². The summed E-state index contributed by atoms with van der Waals surface area (Å²) in [6.07, 6.45) is 1.26. The minimum Gasteiger partial charge on any atom is -0.491 e. The maximum atomic E-state index is 11.9. The van der Waals surface area contributed by atoms with Gasteiger partial charge in [-0.3, -0.25) is 10.1 Å². The molecular formula is C17H21NO7. The van der Waals surface area contributed by atoms with Crippen molar-refractivity contribution in [3.63, 3.8) is 0 Å². The molecule has 25 heavy (non-hydrogen) atoms. The molecule has 1 heterocycles. The van der Waals surface area contributed by atoms with E-state index in [0.717, 1.165) is 19.4 Å². The first kappa shape index (κ1) is 18.7. The quantitative estimate of drug-likeness (QED) is 0.746. The number of amides is 2. The molecule has 1 aromatic carbocycles. The summed E-state index contributed by atoms with van der Waals surface area (Å²) in [7, 11) is 0. The molecule has 1 fully saturated rings. The Balaban J connectivity index is 1.73. The molecule has 1 atom stereocenters. The number of imide groups is 1. The van der Waals surface area contributed by atoms with Gasteiger partial charge in [-0.1, -0.05) is 0 Å². The largest absolute Gasteiger partial charge is 0.491 e. The number of hydrogen-bond donors (Lipinski definition) is 1. The summed E-state index contributed by atoms with van der Waals surface area (Å²) in [5.74, 6) is -0.819. The Kier molecular flexibility index (Phi) is 7.21. The van der Waals surface area contributed by atoms with E-state index in [2.05, 4.69) is 4.74 Å². The van der Waals surface area contributed by atoms with Crippen LogP contribution in [0.5, 0.6) is 5.75 Å². The smallest absolute Gasteiger partial charge is 0.413 e. The molecule has 0 aromatic heterocycles. The van der Waals surface area contributed by atoms with Gasteiger partial charge in [0.25, 0.3) is 5.91 Å². The zero-order valence-electron chi connectivity index (χ0n) is 14.0. The Labute approximate surface area is 145 Å². The molecular weight excluding hydrogens is 330 g/mol. The standard InChI is InChI=1S/C17H21NO7/c1-2-22-17(21)18-15(19)11-25-16(20)12-5-7-13(8-6-12)24-10-14-4-3-9-23-14/h5-8,14H,2-4,9-11H2,1H3,(H,18,19,21)/t14-/m0/s1. The van der Waals surface area contributed by atoms with Crippen LogP contribution in [0.1, 0.15) is 30.1 Å². The molecule has 1 aliphatic heterocycles. The molecule has 8 nitrogen and oxygen atoms in total. The van der Waals surface area contributed by atoms with Crippen molar-refractivity contribution in [2.75, 3.05) is 26.4 Å². The number of carbonyl (C=O) groups excluding carboxylic acids is 3. The van der Waals surface area contributed by atoms with Gasteiger partial charge in [-0.15, -0.1) is 0 Å². The third-order valence-corrected chi connectivity index (χ3v) is 3.40. The van der Waals surface area contributed by atoms with Gasteiger partial charge in [-0.25, -0.2) is 9.59 Å². The SMILES string of the molecule is CCOC(=O)NC(=O)COC(=O)c1ccc(OC[C@@H]2CCCO2)cc1. The van der Waals surface area contributed by atoms with Gasteiger partial charge >= 0.3 is 12.1 Å². The van der Waals surface area contributed by atoms with Crippen LogP contribution in [0.25, 0.3) is 0 Å². The van der Waals surface area contributed by atoms with Crippen molar-refractivity contribution in [2.45, 2.75) is 25.9 Å². The zero-order chi connectivity index (χ0) is 18.1. The molecule has 1 saturated heterocycles. The van der Waals surface area contributed by atoms with E-state index in [-0.39, 0.29) is 18.3 Å². The molecule has 0 radical (unpaired) electrons. The summed E-state index contributed by atoms with van der Waals surface area (Å²) in [6, 6.07) is 6.36. The van der Waals surface area contributed by atoms with Crippen LogP contribution in [0.4, 0.5) is 4.79 Å². The third-order valence-electron chi connectivity index (χ3n) is 3.40. The first-order valence-electron chi connectivity index (χ1n) is 8.06. The van der Waals surface area contributed by atoms with Crippen LogP contribution in [0.3, 0.4) is 0 Å². The molecule has 136 valence electrons. The average molecular weight is 351 g/mol. The second-order valence-corrected chi connectivity index (χ2v) is 5.32. The molecule has 1 N–H and O–H groups in total. The first-order chi connectivity index (χ1) is 12.1. The Bertz CT molecular complexity index is 594. The number of hydrogen-bond acceptors (Lipinski definition) is 7. The van der Waals surface area contributed by atoms with Crippen LogP contribution in [0.2, 0.25) is 0 Å². The highest BCUT2D eigenvalue weighted by molar-refractivity contribution is 5.95. The minimum atomic E-state index is -0.878. The number of ether oxygens (including phenoxy) is 4. The van der Waals surface area contributed by atoms with Crippen molar-refractivity contribution in [2.24, 2.45) is 0 Å². The molecule has 1 aromatic rings. The molecule has 0 aliphatic carbocycles. The summed E-state index contributed by atoms with van der Waals surface area (Å²) >= 11 is 0. The van der Waals surface area contributed by atoms with Gasteiger partial charge in [-0.05, 0) is 44.0 Å². The number of benzene rings is 1. The highest BCUT2D eigenvalue weighted by Crippen LogP contribution is 2.17. The van der Waals surface area contributed by atoms with E-state index >= 15 is 0 Å². The van der Waals surface area contributed by atoms with Gasteiger partial charge in [0, 0.05) is 6.61 Å². The number of carbonyl (C=O) groups is 3. The van der Waals surface area contributed by atoms with Crippen molar-refractivity contribution in [3.8, 4) is 5.75 Å². The summed E-state index contributed by atoms with van der Waals surface area (Å²) in [5.41, 5.74) is 0.272. The molecule has 0 unspecified atom stereocenters. The summed E-state index contributed by atoms with van der Waals surface area (Å²) in [6.45, 7) is 2.41. The second-order valence-electron chi connectivity index (χ2n) is 5.32. The van der Waals surface area contributed by atoms with E-state index < -0.39 is 24.6 Å². The van der Waals surface area contributed by atoms with Crippen molar-refractivity contribution >= 4 is 18.0 Å². The van der Waals surface area contributed by atoms with Crippen LogP contribution in [0.15, 0.2) is 24.3 Å². The maximum Gasteiger partial charge on any atom is 0.413 e. The highest BCUT2D eigenvalue weighted by atomic mass is 16.6. The summed E-state index contributed by atoms with van der Waals surface area (Å²) in [4.78, 5) is 34.3. The van der Waals surface area contributed by atoms with Crippen molar-refractivity contribution in [1.29, 1.82) is 0 Å². The Morgan fingerprint density at radius 3 is 2.60 bits per heavy atom. The lowest BCUT2D eigenvalue weighted by atomic mass is 10.2. The lowest BCUT2D eigenvalue weighted by molar-refractivity contribution is -0.123. The van der Waals surface area contributed by atoms with Crippen molar-refractivity contribution in [3.05, 3.63) is 29.8 Å². The van der Waals surface area contributed by atoms with E-state index in [9.17, 15) is 14.4 Å². The first-order valence-corrected chi connectivity index (χ1v) is 8.06. The number of esters is 1. The predicted molar refractivity (Wildman–Crippen MR) is 86.4 cm³/mol. The zero-order valence-corrected chi connectivity index (χ0v) is 14.0. The lowest BCUT2D eigenvalue weighted by Gasteiger charge is -2.11. The molecule has 2 amide bonds. The van der Waals surface area contributed by atoms with Crippen molar-refractivity contribution < 1.29 is 33.3 Å². The molecule has 0 saturated carbocycles. The van der Waals surface area contributed by atoms with Gasteiger partial charge in [0.15, 0.2) is 6.61 Å².